The molecule has 0 fully saturated rings. The van der Waals surface area contributed by atoms with Crippen LogP contribution in [-0.4, -0.2) is 18.9 Å². The first-order valence-electron chi connectivity index (χ1n) is 1.57. The maximum Gasteiger partial charge on any atom is 1.00 e. The summed E-state index contributed by atoms with van der Waals surface area (Å²) in [5.74, 6) is -1.13. The summed E-state index contributed by atoms with van der Waals surface area (Å²) < 4.78 is 31.5. The van der Waals surface area contributed by atoms with Gasteiger partial charge in [0.1, 0.15) is 0 Å². The molecule has 5 nitrogen and oxygen atoms in total. The summed E-state index contributed by atoms with van der Waals surface area (Å²) in [5.41, 5.74) is 0. The molecule has 0 aliphatic rings. The van der Waals surface area contributed by atoms with Gasteiger partial charge in [0.15, 0.2) is 0 Å². The number of carbonyl (C=O) groups is 1. The molecule has 9 heavy (non-hydrogen) atoms. The molecule has 0 saturated heterocycles. The third-order valence-electron chi connectivity index (χ3n) is 0.219. The van der Waals surface area contributed by atoms with E-state index < -0.39 is 16.4 Å². The van der Waals surface area contributed by atoms with E-state index in [1.807, 2.05) is 0 Å². The van der Waals surface area contributed by atoms with Crippen LogP contribution in [0.25, 0.3) is 0 Å². The van der Waals surface area contributed by atoms with Crippen molar-refractivity contribution in [1.29, 1.82) is 0 Å². The van der Waals surface area contributed by atoms with Gasteiger partial charge in [-0.25, -0.2) is 8.42 Å². The van der Waals surface area contributed by atoms with Gasteiger partial charge in [-0.3, -0.25) is 4.79 Å². The van der Waals surface area contributed by atoms with Gasteiger partial charge in [-0.05, 0) is 0 Å². The van der Waals surface area contributed by atoms with Crippen LogP contribution in [0, 0.1) is 0 Å². The van der Waals surface area contributed by atoms with Crippen molar-refractivity contribution in [2.24, 2.45) is 0 Å². The van der Waals surface area contributed by atoms with Gasteiger partial charge in [0.05, 0.1) is 0 Å². The molecule has 7 heteroatoms. The van der Waals surface area contributed by atoms with Gasteiger partial charge in [-0.15, -0.1) is 0 Å². The molecular weight excluding hydrogens is 175 g/mol. The quantitative estimate of drug-likeness (QED) is 0.232. The molecular formula is C2H3KO5S. The van der Waals surface area contributed by atoms with Crippen LogP contribution in [0.2, 0.25) is 0 Å². The Hall–Kier alpha value is 1.02. The molecule has 0 N–H and O–H groups in total. The van der Waals surface area contributed by atoms with Crippen LogP contribution >= 0.6 is 0 Å². The van der Waals surface area contributed by atoms with Crippen LogP contribution in [0.15, 0.2) is 0 Å². The molecule has 0 amide bonds. The minimum Gasteiger partial charge on any atom is -0.716 e. The SMILES string of the molecule is CC(=O)OS(=O)(=O)[O-].[K+]. The zero-order chi connectivity index (χ0) is 6.78. The Morgan fingerprint density at radius 2 is 1.89 bits per heavy atom. The molecule has 0 atom stereocenters. The summed E-state index contributed by atoms with van der Waals surface area (Å²) >= 11 is 0. The maximum atomic E-state index is 9.66. The molecule has 0 aromatic rings. The Balaban J connectivity index is 0. The number of carbonyl (C=O) groups excluding carboxylic acids is 1. The average Bonchev–Trinajstić information content (AvgIpc) is 1.21. The zero-order valence-corrected chi connectivity index (χ0v) is 8.89. The predicted molar refractivity (Wildman–Crippen MR) is 21.5 cm³/mol. The van der Waals surface area contributed by atoms with Crippen LogP contribution in [0.5, 0.6) is 0 Å². The fourth-order valence-corrected chi connectivity index (χ4v) is 0.431. The summed E-state index contributed by atoms with van der Waals surface area (Å²) in [4.78, 5) is 9.66. The third-order valence-corrected chi connectivity index (χ3v) is 0.658. The molecule has 0 aliphatic carbocycles. The topological polar surface area (TPSA) is 83.5 Å². The van der Waals surface area contributed by atoms with E-state index in [4.69, 9.17) is 0 Å². The minimum atomic E-state index is -4.82. The van der Waals surface area contributed by atoms with Gasteiger partial charge in [0.25, 0.3) is 10.4 Å². The Morgan fingerprint density at radius 1 is 1.56 bits per heavy atom. The first-order chi connectivity index (χ1) is 3.42. The van der Waals surface area contributed by atoms with Crippen molar-refractivity contribution in [3.63, 3.8) is 0 Å². The average molecular weight is 178 g/mol. The molecule has 0 saturated carbocycles. The van der Waals surface area contributed by atoms with Crippen molar-refractivity contribution in [2.45, 2.75) is 6.92 Å². The van der Waals surface area contributed by atoms with E-state index in [0.29, 0.717) is 0 Å². The minimum absolute atomic E-state index is 0. The van der Waals surface area contributed by atoms with Crippen molar-refractivity contribution in [3.05, 3.63) is 0 Å². The molecule has 48 valence electrons. The van der Waals surface area contributed by atoms with Crippen LogP contribution in [0.3, 0.4) is 0 Å². The molecule has 0 heterocycles. The Labute approximate surface area is 95.1 Å². The summed E-state index contributed by atoms with van der Waals surface area (Å²) in [6.07, 6.45) is 0. The molecule has 0 bridgehead atoms. The van der Waals surface area contributed by atoms with Crippen molar-refractivity contribution in [2.75, 3.05) is 0 Å². The van der Waals surface area contributed by atoms with E-state index in [2.05, 4.69) is 4.18 Å². The van der Waals surface area contributed by atoms with Crippen LogP contribution in [-0.2, 0) is 19.4 Å². The van der Waals surface area contributed by atoms with Crippen molar-refractivity contribution < 1.29 is 73.3 Å². The first kappa shape index (κ1) is 12.7. The van der Waals surface area contributed by atoms with Gasteiger partial charge in [0.2, 0.25) is 0 Å². The summed E-state index contributed by atoms with van der Waals surface area (Å²) in [6, 6.07) is 0. The van der Waals surface area contributed by atoms with Crippen molar-refractivity contribution in [1.82, 2.24) is 0 Å². The second-order valence-electron chi connectivity index (χ2n) is 0.983. The van der Waals surface area contributed by atoms with Crippen molar-refractivity contribution >= 4 is 16.4 Å². The van der Waals surface area contributed by atoms with Gasteiger partial charge in [0, 0.05) is 6.92 Å². The van der Waals surface area contributed by atoms with E-state index in [1.165, 1.54) is 0 Å². The molecule has 0 spiro atoms. The summed E-state index contributed by atoms with van der Waals surface area (Å²) in [6.45, 7) is 0.829. The Bertz CT molecular complexity index is 181. The third kappa shape index (κ3) is 12.3. The zero-order valence-electron chi connectivity index (χ0n) is 4.95. The fraction of sp³-hybridized carbons (Fsp3) is 0.500. The standard InChI is InChI=1S/C2H4O5S.K/c1-2(3)7-8(4,5)6;/h1H3,(H,4,5,6);/q;+1/p-1. The molecule has 0 aliphatic heterocycles. The predicted octanol–water partition coefficient (Wildman–Crippen LogP) is -3.99. The Kier molecular flexibility index (Phi) is 6.72. The van der Waals surface area contributed by atoms with Gasteiger partial charge >= 0.3 is 57.4 Å². The second kappa shape index (κ2) is 4.77. The molecule has 0 radical (unpaired) electrons. The molecule has 0 unspecified atom stereocenters. The number of hydrogen-bond acceptors (Lipinski definition) is 5. The molecule has 0 aromatic carbocycles. The van der Waals surface area contributed by atoms with E-state index in [-0.39, 0.29) is 51.4 Å². The normalized spacial score (nSPS) is 9.56. The molecule has 0 aromatic heterocycles. The van der Waals surface area contributed by atoms with Gasteiger partial charge in [-0.1, -0.05) is 0 Å². The number of hydrogen-bond donors (Lipinski definition) is 0. The fourth-order valence-electron chi connectivity index (χ4n) is 0.144. The summed E-state index contributed by atoms with van der Waals surface area (Å²) in [5, 5.41) is 0. The van der Waals surface area contributed by atoms with E-state index in [1.54, 1.807) is 0 Å². The van der Waals surface area contributed by atoms with Gasteiger partial charge < -0.3 is 8.74 Å². The smallest absolute Gasteiger partial charge is 0.716 e. The van der Waals surface area contributed by atoms with Crippen LogP contribution < -0.4 is 51.4 Å². The van der Waals surface area contributed by atoms with Crippen LogP contribution in [0.4, 0.5) is 0 Å². The van der Waals surface area contributed by atoms with E-state index in [0.717, 1.165) is 6.92 Å². The van der Waals surface area contributed by atoms with Crippen molar-refractivity contribution in [3.8, 4) is 0 Å². The van der Waals surface area contributed by atoms with E-state index in [9.17, 15) is 17.8 Å². The molecule has 0 rings (SSSR count). The van der Waals surface area contributed by atoms with Crippen LogP contribution in [0.1, 0.15) is 6.92 Å². The monoisotopic (exact) mass is 178 g/mol. The number of rotatable bonds is 1. The first-order valence-corrected chi connectivity index (χ1v) is 2.91. The Morgan fingerprint density at radius 3 is 1.89 bits per heavy atom. The second-order valence-corrected chi connectivity index (χ2v) is 1.97. The largest absolute Gasteiger partial charge is 1.00 e. The van der Waals surface area contributed by atoms with E-state index >= 15 is 0 Å². The van der Waals surface area contributed by atoms with Gasteiger partial charge in [-0.2, -0.15) is 0 Å². The maximum absolute atomic E-state index is 9.66. The summed E-state index contributed by atoms with van der Waals surface area (Å²) in [7, 11) is -4.82.